The molecule has 1 aromatic rings. The summed E-state index contributed by atoms with van der Waals surface area (Å²) in [6.45, 7) is 5.75. The Bertz CT molecular complexity index is 1100. The van der Waals surface area contributed by atoms with E-state index in [9.17, 15) is 28.8 Å². The van der Waals surface area contributed by atoms with E-state index in [0.29, 0.717) is 0 Å². The molecule has 0 aromatic heterocycles. The largest absolute Gasteiger partial charge is 0.462 e. The van der Waals surface area contributed by atoms with Crippen LogP contribution < -0.4 is 0 Å². The molecule has 0 saturated heterocycles. The van der Waals surface area contributed by atoms with Crippen molar-refractivity contribution in [3.63, 3.8) is 0 Å². The molecule has 36 heavy (non-hydrogen) atoms. The van der Waals surface area contributed by atoms with Gasteiger partial charge in [0, 0.05) is 11.1 Å². The summed E-state index contributed by atoms with van der Waals surface area (Å²) in [5.41, 5.74) is -1.85. The molecule has 3 rings (SSSR count). The number of ether oxygens (including phenoxy) is 6. The standard InChI is InChI=1S/C24H22O12/c1-5-31-21(27)15(22(28)32-6-2)17-11-9-14-12(10-13(11)19(25)35-17)18(36-20(14)26)16(23(29)33-7-3)24(30)34-8-4/h9-10H,5-8H2,1-4H3. The Hall–Kier alpha value is -4.48. The number of hydrogen-bond acceptors (Lipinski definition) is 12. The van der Waals surface area contributed by atoms with Crippen LogP contribution in [0.15, 0.2) is 23.3 Å². The number of carbonyl (C=O) groups is 6. The minimum absolute atomic E-state index is 0.0784. The molecule has 2 aliphatic rings. The summed E-state index contributed by atoms with van der Waals surface area (Å²) in [6, 6.07) is 2.29. The van der Waals surface area contributed by atoms with Gasteiger partial charge in [-0.05, 0) is 39.8 Å². The third kappa shape index (κ3) is 4.69. The first kappa shape index (κ1) is 26.1. The van der Waals surface area contributed by atoms with Gasteiger partial charge < -0.3 is 28.4 Å². The van der Waals surface area contributed by atoms with E-state index in [4.69, 9.17) is 28.4 Å². The summed E-state index contributed by atoms with van der Waals surface area (Å²) in [5.74, 6) is -7.25. The summed E-state index contributed by atoms with van der Waals surface area (Å²) in [4.78, 5) is 75.4. The van der Waals surface area contributed by atoms with E-state index in [1.807, 2.05) is 0 Å². The Kier molecular flexibility index (Phi) is 7.87. The number of cyclic esters (lactones) is 2. The molecule has 190 valence electrons. The van der Waals surface area contributed by atoms with Crippen LogP contribution in [0.4, 0.5) is 0 Å². The van der Waals surface area contributed by atoms with Crippen molar-refractivity contribution in [1.29, 1.82) is 0 Å². The van der Waals surface area contributed by atoms with Crippen LogP contribution in [0.5, 0.6) is 0 Å². The average molecular weight is 502 g/mol. The molecule has 0 aliphatic carbocycles. The van der Waals surface area contributed by atoms with Gasteiger partial charge in [-0.25, -0.2) is 28.8 Å². The third-order valence-corrected chi connectivity index (χ3v) is 4.85. The van der Waals surface area contributed by atoms with Crippen molar-refractivity contribution in [2.75, 3.05) is 26.4 Å². The Morgan fingerprint density at radius 1 is 0.556 bits per heavy atom. The van der Waals surface area contributed by atoms with Crippen LogP contribution in [-0.4, -0.2) is 62.2 Å². The highest BCUT2D eigenvalue weighted by Gasteiger charge is 2.42. The third-order valence-electron chi connectivity index (χ3n) is 4.85. The second-order valence-electron chi connectivity index (χ2n) is 7.01. The van der Waals surface area contributed by atoms with E-state index in [1.165, 1.54) is 27.7 Å². The highest BCUT2D eigenvalue weighted by molar-refractivity contribution is 6.24. The molecule has 0 amide bonds. The number of benzene rings is 1. The molecule has 2 aliphatic heterocycles. The maximum absolute atomic E-state index is 12.7. The lowest BCUT2D eigenvalue weighted by Crippen LogP contribution is -2.20. The van der Waals surface area contributed by atoms with E-state index in [0.717, 1.165) is 12.1 Å². The van der Waals surface area contributed by atoms with Crippen molar-refractivity contribution >= 4 is 47.3 Å². The Morgan fingerprint density at radius 3 is 1.08 bits per heavy atom. The van der Waals surface area contributed by atoms with Gasteiger partial charge in [-0.2, -0.15) is 0 Å². The van der Waals surface area contributed by atoms with Gasteiger partial charge in [-0.1, -0.05) is 0 Å². The minimum atomic E-state index is -1.10. The maximum atomic E-state index is 12.7. The number of esters is 6. The summed E-state index contributed by atoms with van der Waals surface area (Å²) in [5, 5.41) is 0. The second-order valence-corrected chi connectivity index (χ2v) is 7.01. The predicted octanol–water partition coefficient (Wildman–Crippen LogP) is 1.70. The van der Waals surface area contributed by atoms with E-state index < -0.39 is 58.5 Å². The van der Waals surface area contributed by atoms with E-state index in [2.05, 4.69) is 0 Å². The fraction of sp³-hybridized carbons (Fsp3) is 0.333. The van der Waals surface area contributed by atoms with Gasteiger partial charge >= 0.3 is 35.8 Å². The van der Waals surface area contributed by atoms with Crippen LogP contribution in [0.1, 0.15) is 59.5 Å². The first-order valence-corrected chi connectivity index (χ1v) is 11.0. The van der Waals surface area contributed by atoms with Crippen molar-refractivity contribution < 1.29 is 57.2 Å². The molecule has 0 bridgehead atoms. The molecular formula is C24H22O12. The molecule has 1 aromatic carbocycles. The number of hydrogen-bond donors (Lipinski definition) is 0. The zero-order valence-corrected chi connectivity index (χ0v) is 19.9. The molecule has 0 atom stereocenters. The van der Waals surface area contributed by atoms with Gasteiger partial charge in [0.2, 0.25) is 0 Å². The minimum Gasteiger partial charge on any atom is -0.462 e. The van der Waals surface area contributed by atoms with Crippen molar-refractivity contribution in [3.8, 4) is 0 Å². The van der Waals surface area contributed by atoms with Gasteiger partial charge in [0.05, 0.1) is 37.6 Å². The topological polar surface area (TPSA) is 158 Å². The molecule has 0 N–H and O–H groups in total. The number of fused-ring (bicyclic) bond motifs is 2. The van der Waals surface area contributed by atoms with Crippen LogP contribution in [0, 0.1) is 0 Å². The first-order chi connectivity index (χ1) is 17.2. The molecule has 2 heterocycles. The van der Waals surface area contributed by atoms with E-state index in [-0.39, 0.29) is 48.7 Å². The van der Waals surface area contributed by atoms with Crippen LogP contribution in [0.25, 0.3) is 11.5 Å². The Morgan fingerprint density at radius 2 is 0.833 bits per heavy atom. The van der Waals surface area contributed by atoms with Crippen molar-refractivity contribution in [1.82, 2.24) is 0 Å². The number of carbonyl (C=O) groups excluding carboxylic acids is 6. The molecule has 0 spiro atoms. The highest BCUT2D eigenvalue weighted by atomic mass is 16.6. The lowest BCUT2D eigenvalue weighted by Gasteiger charge is -2.10. The fourth-order valence-corrected chi connectivity index (χ4v) is 3.44. The van der Waals surface area contributed by atoms with Crippen molar-refractivity contribution in [2.24, 2.45) is 0 Å². The lowest BCUT2D eigenvalue weighted by molar-refractivity contribution is -0.148. The van der Waals surface area contributed by atoms with Crippen molar-refractivity contribution in [3.05, 3.63) is 45.5 Å². The molecule has 12 heteroatoms. The van der Waals surface area contributed by atoms with E-state index >= 15 is 0 Å². The Labute approximate surface area is 204 Å². The van der Waals surface area contributed by atoms with Gasteiger partial charge in [-0.15, -0.1) is 0 Å². The number of rotatable bonds is 8. The van der Waals surface area contributed by atoms with Crippen LogP contribution >= 0.6 is 0 Å². The van der Waals surface area contributed by atoms with Gasteiger partial charge in [0.15, 0.2) is 22.7 Å². The lowest BCUT2D eigenvalue weighted by atomic mass is 9.96. The SMILES string of the molecule is CCOC(=O)C(C(=O)OCC)=C1OC(=O)c2cc3c(cc21)C(=O)OC3=C(C(=O)OCC)C(=O)OCC. The molecule has 12 nitrogen and oxygen atoms in total. The maximum Gasteiger partial charge on any atom is 0.349 e. The molecule has 0 unspecified atom stereocenters. The smallest absolute Gasteiger partial charge is 0.349 e. The van der Waals surface area contributed by atoms with Gasteiger partial charge in [0.25, 0.3) is 0 Å². The van der Waals surface area contributed by atoms with Crippen LogP contribution in [-0.2, 0) is 47.6 Å². The van der Waals surface area contributed by atoms with Gasteiger partial charge in [-0.3, -0.25) is 0 Å². The summed E-state index contributed by atoms with van der Waals surface area (Å²) in [6.07, 6.45) is 0. The Balaban J connectivity index is 2.27. The second kappa shape index (κ2) is 10.8. The monoisotopic (exact) mass is 502 g/mol. The summed E-state index contributed by atoms with van der Waals surface area (Å²) in [7, 11) is 0. The van der Waals surface area contributed by atoms with E-state index in [1.54, 1.807) is 0 Å². The van der Waals surface area contributed by atoms with Gasteiger partial charge in [0.1, 0.15) is 0 Å². The molecular weight excluding hydrogens is 480 g/mol. The van der Waals surface area contributed by atoms with Crippen LogP contribution in [0.3, 0.4) is 0 Å². The predicted molar refractivity (Wildman–Crippen MR) is 118 cm³/mol. The fourth-order valence-electron chi connectivity index (χ4n) is 3.44. The molecule has 0 saturated carbocycles. The molecule has 0 radical (unpaired) electrons. The summed E-state index contributed by atoms with van der Waals surface area (Å²) < 4.78 is 30.0. The summed E-state index contributed by atoms with van der Waals surface area (Å²) >= 11 is 0. The molecule has 0 fully saturated rings. The zero-order chi connectivity index (χ0) is 26.6. The normalized spacial score (nSPS) is 13.2. The zero-order valence-electron chi connectivity index (χ0n) is 19.9. The average Bonchev–Trinajstić information content (AvgIpc) is 3.30. The van der Waals surface area contributed by atoms with Crippen molar-refractivity contribution in [2.45, 2.75) is 27.7 Å². The first-order valence-electron chi connectivity index (χ1n) is 11.0. The quantitative estimate of drug-likeness (QED) is 0.167. The highest BCUT2D eigenvalue weighted by Crippen LogP contribution is 2.41. The van der Waals surface area contributed by atoms with Crippen LogP contribution in [0.2, 0.25) is 0 Å².